The summed E-state index contributed by atoms with van der Waals surface area (Å²) in [6.45, 7) is 0. The van der Waals surface area contributed by atoms with Crippen molar-refractivity contribution >= 4 is 27.3 Å². The molecular weight excluding hydrogens is 324 g/mol. The highest BCUT2D eigenvalue weighted by Crippen LogP contribution is 2.30. The van der Waals surface area contributed by atoms with Gasteiger partial charge in [-0.2, -0.15) is 0 Å². The maximum atomic E-state index is 13.6. The summed E-state index contributed by atoms with van der Waals surface area (Å²) < 4.78 is 58.5. The van der Waals surface area contributed by atoms with Gasteiger partial charge in [0.2, 0.25) is 0 Å². The molecule has 0 bridgehead atoms. The van der Waals surface area contributed by atoms with Gasteiger partial charge >= 0.3 is 0 Å². The Morgan fingerprint density at radius 1 is 1.14 bits per heavy atom. The summed E-state index contributed by atoms with van der Waals surface area (Å²) in [5.74, 6) is -2.22. The average Bonchev–Trinajstić information content (AvgIpc) is 2.37. The largest absolute Gasteiger partial charge is 0.495 e. The molecule has 0 saturated heterocycles. The van der Waals surface area contributed by atoms with Gasteiger partial charge in [0, 0.05) is 5.02 Å². The van der Waals surface area contributed by atoms with E-state index in [9.17, 15) is 17.2 Å². The SMILES string of the molecule is COc1ccc(Cl)cc1NS(=O)(=O)c1c(F)cccc1F. The van der Waals surface area contributed by atoms with Crippen LogP contribution in [0.25, 0.3) is 0 Å². The lowest BCUT2D eigenvalue weighted by Gasteiger charge is -2.13. The van der Waals surface area contributed by atoms with Gasteiger partial charge < -0.3 is 4.74 Å². The Labute approximate surface area is 125 Å². The number of benzene rings is 2. The average molecular weight is 334 g/mol. The smallest absolute Gasteiger partial charge is 0.267 e. The molecule has 0 atom stereocenters. The zero-order valence-electron chi connectivity index (χ0n) is 10.7. The Bertz CT molecular complexity index is 761. The van der Waals surface area contributed by atoms with E-state index in [0.717, 1.165) is 18.2 Å². The number of sulfonamides is 1. The number of hydrogen-bond acceptors (Lipinski definition) is 3. The van der Waals surface area contributed by atoms with Gasteiger partial charge in [0.1, 0.15) is 17.4 Å². The fraction of sp³-hybridized carbons (Fsp3) is 0.0769. The maximum absolute atomic E-state index is 13.6. The minimum absolute atomic E-state index is 0.0207. The Hall–Kier alpha value is -1.86. The van der Waals surface area contributed by atoms with E-state index >= 15 is 0 Å². The molecule has 112 valence electrons. The standard InChI is InChI=1S/C13H10ClF2NO3S/c1-20-12-6-5-8(14)7-11(12)17-21(18,19)13-9(15)3-2-4-10(13)16/h2-7,17H,1H3. The summed E-state index contributed by atoms with van der Waals surface area (Å²) in [7, 11) is -3.14. The molecule has 0 aliphatic rings. The molecule has 0 aliphatic heterocycles. The molecule has 2 rings (SSSR count). The third-order valence-corrected chi connectivity index (χ3v) is 4.24. The van der Waals surface area contributed by atoms with Crippen molar-refractivity contribution in [3.05, 3.63) is 53.1 Å². The molecule has 0 fully saturated rings. The molecule has 2 aromatic carbocycles. The number of ether oxygens (including phenoxy) is 1. The van der Waals surface area contributed by atoms with E-state index in [1.165, 1.54) is 25.3 Å². The van der Waals surface area contributed by atoms with E-state index in [4.69, 9.17) is 16.3 Å². The lowest BCUT2D eigenvalue weighted by atomic mass is 10.3. The highest BCUT2D eigenvalue weighted by atomic mass is 35.5. The molecule has 0 spiro atoms. The molecule has 2 aromatic rings. The van der Waals surface area contributed by atoms with Crippen molar-refractivity contribution < 1.29 is 21.9 Å². The number of nitrogens with one attached hydrogen (secondary N) is 1. The second-order valence-electron chi connectivity index (χ2n) is 4.00. The number of rotatable bonds is 4. The van der Waals surface area contributed by atoms with Gasteiger partial charge in [0.05, 0.1) is 12.8 Å². The van der Waals surface area contributed by atoms with Gasteiger partial charge in [-0.3, -0.25) is 4.72 Å². The summed E-state index contributed by atoms with van der Waals surface area (Å²) >= 11 is 5.77. The molecule has 0 radical (unpaired) electrons. The van der Waals surface area contributed by atoms with Crippen LogP contribution in [-0.2, 0) is 10.0 Å². The molecular formula is C13H10ClF2NO3S. The summed E-state index contributed by atoms with van der Waals surface area (Å²) in [5.41, 5.74) is -0.0207. The Morgan fingerprint density at radius 2 is 1.76 bits per heavy atom. The summed E-state index contributed by atoms with van der Waals surface area (Å²) in [6, 6.07) is 6.97. The van der Waals surface area contributed by atoms with Gasteiger partial charge in [0.25, 0.3) is 10.0 Å². The molecule has 8 heteroatoms. The summed E-state index contributed by atoms with van der Waals surface area (Å²) in [6.07, 6.45) is 0. The number of halogens is 3. The van der Waals surface area contributed by atoms with Crippen LogP contribution < -0.4 is 9.46 Å². The van der Waals surface area contributed by atoms with E-state index in [-0.39, 0.29) is 16.5 Å². The van der Waals surface area contributed by atoms with Crippen molar-refractivity contribution in [2.24, 2.45) is 0 Å². The first-order valence-electron chi connectivity index (χ1n) is 5.65. The first-order chi connectivity index (χ1) is 9.85. The second-order valence-corrected chi connectivity index (χ2v) is 6.06. The van der Waals surface area contributed by atoms with Crippen LogP contribution in [-0.4, -0.2) is 15.5 Å². The van der Waals surface area contributed by atoms with E-state index in [2.05, 4.69) is 4.72 Å². The predicted molar refractivity (Wildman–Crippen MR) is 75.2 cm³/mol. The van der Waals surface area contributed by atoms with Gasteiger partial charge in [-0.05, 0) is 30.3 Å². The third kappa shape index (κ3) is 3.25. The Kier molecular flexibility index (Phi) is 4.34. The van der Waals surface area contributed by atoms with Crippen molar-refractivity contribution in [3.63, 3.8) is 0 Å². The van der Waals surface area contributed by atoms with Crippen LogP contribution in [0.2, 0.25) is 5.02 Å². The fourth-order valence-electron chi connectivity index (χ4n) is 1.70. The van der Waals surface area contributed by atoms with E-state index in [1.54, 1.807) is 0 Å². The molecule has 0 saturated carbocycles. The summed E-state index contributed by atoms with van der Waals surface area (Å²) in [4.78, 5) is -1.06. The predicted octanol–water partition coefficient (Wildman–Crippen LogP) is 3.43. The summed E-state index contributed by atoms with van der Waals surface area (Å²) in [5, 5.41) is 0.238. The van der Waals surface area contributed by atoms with Gasteiger partial charge in [0.15, 0.2) is 4.90 Å². The highest BCUT2D eigenvalue weighted by molar-refractivity contribution is 7.92. The van der Waals surface area contributed by atoms with E-state index < -0.39 is 26.6 Å². The molecule has 0 heterocycles. The van der Waals surface area contributed by atoms with E-state index in [0.29, 0.717) is 0 Å². The minimum Gasteiger partial charge on any atom is -0.495 e. The van der Waals surface area contributed by atoms with Crippen LogP contribution in [0.3, 0.4) is 0 Å². The topological polar surface area (TPSA) is 55.4 Å². The molecule has 4 nitrogen and oxygen atoms in total. The van der Waals surface area contributed by atoms with Gasteiger partial charge in [-0.1, -0.05) is 17.7 Å². The number of anilines is 1. The van der Waals surface area contributed by atoms with Crippen molar-refractivity contribution in [1.82, 2.24) is 0 Å². The van der Waals surface area contributed by atoms with Crippen LogP contribution >= 0.6 is 11.6 Å². The molecule has 0 aliphatic carbocycles. The monoisotopic (exact) mass is 333 g/mol. The van der Waals surface area contributed by atoms with Crippen molar-refractivity contribution in [3.8, 4) is 5.75 Å². The number of methoxy groups -OCH3 is 1. The minimum atomic E-state index is -4.46. The lowest BCUT2D eigenvalue weighted by molar-refractivity contribution is 0.417. The number of hydrogen-bond donors (Lipinski definition) is 1. The lowest BCUT2D eigenvalue weighted by Crippen LogP contribution is -2.17. The zero-order valence-corrected chi connectivity index (χ0v) is 12.3. The normalized spacial score (nSPS) is 11.2. The van der Waals surface area contributed by atoms with Crippen molar-refractivity contribution in [1.29, 1.82) is 0 Å². The van der Waals surface area contributed by atoms with Crippen molar-refractivity contribution in [2.45, 2.75) is 4.90 Å². The third-order valence-electron chi connectivity index (χ3n) is 2.59. The van der Waals surface area contributed by atoms with Crippen LogP contribution in [0.4, 0.5) is 14.5 Å². The quantitative estimate of drug-likeness (QED) is 0.932. The molecule has 1 N–H and O–H groups in total. The Balaban J connectivity index is 2.50. The first kappa shape index (κ1) is 15.5. The van der Waals surface area contributed by atoms with Crippen LogP contribution in [0, 0.1) is 11.6 Å². The Morgan fingerprint density at radius 3 is 2.33 bits per heavy atom. The second kappa shape index (κ2) is 5.87. The first-order valence-corrected chi connectivity index (χ1v) is 7.51. The molecule has 0 aromatic heterocycles. The van der Waals surface area contributed by atoms with Crippen LogP contribution in [0.5, 0.6) is 5.75 Å². The molecule has 0 amide bonds. The highest BCUT2D eigenvalue weighted by Gasteiger charge is 2.25. The fourth-order valence-corrected chi connectivity index (χ4v) is 3.07. The van der Waals surface area contributed by atoms with E-state index in [1.807, 2.05) is 0 Å². The molecule has 21 heavy (non-hydrogen) atoms. The maximum Gasteiger partial charge on any atom is 0.267 e. The zero-order chi connectivity index (χ0) is 15.6. The van der Waals surface area contributed by atoms with Gasteiger partial charge in [-0.15, -0.1) is 0 Å². The van der Waals surface area contributed by atoms with Crippen LogP contribution in [0.1, 0.15) is 0 Å². The van der Waals surface area contributed by atoms with Gasteiger partial charge in [-0.25, -0.2) is 17.2 Å². The van der Waals surface area contributed by atoms with Crippen molar-refractivity contribution in [2.75, 3.05) is 11.8 Å². The molecule has 0 unspecified atom stereocenters. The van der Waals surface area contributed by atoms with Crippen LogP contribution in [0.15, 0.2) is 41.3 Å².